The second kappa shape index (κ2) is 11.4. The molecule has 0 N–H and O–H groups in total. The highest BCUT2D eigenvalue weighted by molar-refractivity contribution is 5.70. The van der Waals surface area contributed by atoms with Gasteiger partial charge in [-0.2, -0.15) is 0 Å². The Labute approximate surface area is 176 Å². The van der Waals surface area contributed by atoms with E-state index in [0.29, 0.717) is 6.61 Å². The van der Waals surface area contributed by atoms with E-state index < -0.39 is 0 Å². The molecule has 1 heterocycles. The number of nitrogens with zero attached hydrogens (tertiary/aromatic N) is 1. The van der Waals surface area contributed by atoms with Crippen LogP contribution in [-0.2, 0) is 6.42 Å². The molecule has 2 heteroatoms. The lowest BCUT2D eigenvalue weighted by atomic mass is 10.0. The van der Waals surface area contributed by atoms with E-state index in [0.717, 1.165) is 12.2 Å². The highest BCUT2D eigenvalue weighted by Crippen LogP contribution is 2.26. The van der Waals surface area contributed by atoms with Crippen molar-refractivity contribution >= 4 is 0 Å². The van der Waals surface area contributed by atoms with Crippen LogP contribution in [0, 0.1) is 0 Å². The summed E-state index contributed by atoms with van der Waals surface area (Å²) in [6.07, 6.45) is 11.1. The van der Waals surface area contributed by atoms with E-state index in [4.69, 9.17) is 4.74 Å². The predicted octanol–water partition coefficient (Wildman–Crippen LogP) is 7.72. The molecule has 152 valence electrons. The number of hydrogen-bond donors (Lipinski definition) is 0. The minimum Gasteiger partial charge on any atom is -0.494 e. The molecule has 0 radical (unpaired) electrons. The molecule has 0 unspecified atom stereocenters. The van der Waals surface area contributed by atoms with E-state index in [1.165, 1.54) is 66.5 Å². The Morgan fingerprint density at radius 3 is 1.76 bits per heavy atom. The summed E-state index contributed by atoms with van der Waals surface area (Å²) in [6.45, 7) is 4.96. The first-order valence-electron chi connectivity index (χ1n) is 11.1. The maximum atomic E-state index is 5.52. The van der Waals surface area contributed by atoms with Gasteiger partial charge >= 0.3 is 0 Å². The fourth-order valence-corrected chi connectivity index (χ4v) is 3.59. The molecule has 3 aromatic rings. The minimum absolute atomic E-state index is 0.694. The summed E-state index contributed by atoms with van der Waals surface area (Å²) in [5, 5.41) is 0. The highest BCUT2D eigenvalue weighted by atomic mass is 16.5. The van der Waals surface area contributed by atoms with Gasteiger partial charge in [0.1, 0.15) is 5.75 Å². The van der Waals surface area contributed by atoms with Crippen LogP contribution in [0.4, 0.5) is 0 Å². The smallest absolute Gasteiger partial charge is 0.119 e. The van der Waals surface area contributed by atoms with Gasteiger partial charge in [0.15, 0.2) is 0 Å². The van der Waals surface area contributed by atoms with Crippen LogP contribution >= 0.6 is 0 Å². The molecule has 0 bridgehead atoms. The van der Waals surface area contributed by atoms with Crippen molar-refractivity contribution in [3.05, 3.63) is 72.6 Å². The largest absolute Gasteiger partial charge is 0.494 e. The van der Waals surface area contributed by atoms with E-state index in [1.54, 1.807) is 0 Å². The van der Waals surface area contributed by atoms with Gasteiger partial charge in [0.2, 0.25) is 0 Å². The molecule has 0 atom stereocenters. The van der Waals surface area contributed by atoms with Crippen molar-refractivity contribution in [2.24, 2.45) is 0 Å². The quantitative estimate of drug-likeness (QED) is 0.314. The zero-order valence-electron chi connectivity index (χ0n) is 17.9. The summed E-state index contributed by atoms with van der Waals surface area (Å²) >= 11 is 0. The number of benzene rings is 2. The van der Waals surface area contributed by atoms with Crippen molar-refractivity contribution in [1.82, 2.24) is 4.98 Å². The molecule has 0 aliphatic rings. The molecule has 1 aromatic heterocycles. The highest BCUT2D eigenvalue weighted by Gasteiger charge is 2.03. The molecule has 0 fully saturated rings. The summed E-state index contributed by atoms with van der Waals surface area (Å²) < 4.78 is 5.52. The zero-order chi connectivity index (χ0) is 20.3. The van der Waals surface area contributed by atoms with Crippen LogP contribution in [0.25, 0.3) is 22.3 Å². The Kier molecular flexibility index (Phi) is 8.30. The lowest BCUT2D eigenvalue weighted by Gasteiger charge is -2.07. The van der Waals surface area contributed by atoms with Crippen molar-refractivity contribution in [2.75, 3.05) is 6.61 Å². The van der Waals surface area contributed by atoms with Crippen LogP contribution in [0.15, 0.2) is 66.9 Å². The van der Waals surface area contributed by atoms with Crippen LogP contribution < -0.4 is 4.74 Å². The Balaban J connectivity index is 1.55. The summed E-state index contributed by atoms with van der Waals surface area (Å²) in [4.78, 5) is 4.68. The first-order valence-corrected chi connectivity index (χ1v) is 11.1. The van der Waals surface area contributed by atoms with E-state index in [9.17, 15) is 0 Å². The first kappa shape index (κ1) is 21.1. The van der Waals surface area contributed by atoms with Crippen LogP contribution in [0.5, 0.6) is 5.75 Å². The van der Waals surface area contributed by atoms with Crippen LogP contribution in [0.3, 0.4) is 0 Å². The predicted molar refractivity (Wildman–Crippen MR) is 123 cm³/mol. The monoisotopic (exact) mass is 387 g/mol. The number of unbranched alkanes of at least 4 members (excludes halogenated alkanes) is 5. The number of aryl methyl sites for hydroxylation is 1. The molecule has 3 rings (SSSR count). The van der Waals surface area contributed by atoms with Crippen molar-refractivity contribution in [3.63, 3.8) is 0 Å². The van der Waals surface area contributed by atoms with Crippen molar-refractivity contribution in [2.45, 2.75) is 58.8 Å². The molecule has 0 spiro atoms. The molecule has 0 amide bonds. The fourth-order valence-electron chi connectivity index (χ4n) is 3.59. The van der Waals surface area contributed by atoms with Crippen molar-refractivity contribution < 1.29 is 4.74 Å². The zero-order valence-corrected chi connectivity index (χ0v) is 17.9. The van der Waals surface area contributed by atoms with Gasteiger partial charge in [0, 0.05) is 17.5 Å². The van der Waals surface area contributed by atoms with Gasteiger partial charge in [-0.3, -0.25) is 4.98 Å². The molecule has 2 aromatic carbocycles. The average Bonchev–Trinajstić information content (AvgIpc) is 2.78. The number of rotatable bonds is 11. The molecule has 29 heavy (non-hydrogen) atoms. The van der Waals surface area contributed by atoms with Gasteiger partial charge in [0.25, 0.3) is 0 Å². The molecule has 2 nitrogen and oxygen atoms in total. The van der Waals surface area contributed by atoms with E-state index >= 15 is 0 Å². The third-order valence-corrected chi connectivity index (χ3v) is 5.33. The number of hydrogen-bond acceptors (Lipinski definition) is 2. The SMILES string of the molecule is CCCCCCCCc1ccc(-c2ccc(-c3ccc(OCC)cc3)cc2)cn1. The topological polar surface area (TPSA) is 22.1 Å². The first-order chi connectivity index (χ1) is 14.3. The van der Waals surface area contributed by atoms with Gasteiger partial charge in [0.05, 0.1) is 6.61 Å². The Morgan fingerprint density at radius 2 is 1.17 bits per heavy atom. The summed E-state index contributed by atoms with van der Waals surface area (Å²) in [7, 11) is 0. The van der Waals surface area contributed by atoms with E-state index in [1.807, 2.05) is 25.3 Å². The summed E-state index contributed by atoms with van der Waals surface area (Å²) in [5.74, 6) is 0.917. The maximum absolute atomic E-state index is 5.52. The molecule has 0 saturated heterocycles. The molecular weight excluding hydrogens is 354 g/mol. The standard InChI is InChI=1S/C27H33NO/c1-3-5-6-7-8-9-10-26-18-15-25(21-28-26)24-13-11-22(12-14-24)23-16-19-27(20-17-23)29-4-2/h11-21H,3-10H2,1-2H3. The second-order valence-corrected chi connectivity index (χ2v) is 7.59. The van der Waals surface area contributed by atoms with Crippen LogP contribution in [0.2, 0.25) is 0 Å². The third-order valence-electron chi connectivity index (χ3n) is 5.33. The van der Waals surface area contributed by atoms with Gasteiger partial charge in [-0.1, -0.05) is 81.5 Å². The minimum atomic E-state index is 0.694. The number of ether oxygens (including phenoxy) is 1. The van der Waals surface area contributed by atoms with Gasteiger partial charge in [-0.25, -0.2) is 0 Å². The van der Waals surface area contributed by atoms with Gasteiger partial charge in [-0.15, -0.1) is 0 Å². The van der Waals surface area contributed by atoms with Crippen molar-refractivity contribution in [1.29, 1.82) is 0 Å². The Bertz CT molecular complexity index is 835. The van der Waals surface area contributed by atoms with E-state index in [2.05, 4.69) is 60.4 Å². The Morgan fingerprint density at radius 1 is 0.621 bits per heavy atom. The average molecular weight is 388 g/mol. The van der Waals surface area contributed by atoms with Gasteiger partial charge in [-0.05, 0) is 54.7 Å². The van der Waals surface area contributed by atoms with Gasteiger partial charge < -0.3 is 4.74 Å². The molecular formula is C27H33NO. The van der Waals surface area contributed by atoms with Crippen LogP contribution in [0.1, 0.15) is 58.1 Å². The molecule has 0 saturated carbocycles. The van der Waals surface area contributed by atoms with Crippen molar-refractivity contribution in [3.8, 4) is 28.0 Å². The number of pyridine rings is 1. The maximum Gasteiger partial charge on any atom is 0.119 e. The lowest BCUT2D eigenvalue weighted by molar-refractivity contribution is 0.340. The summed E-state index contributed by atoms with van der Waals surface area (Å²) in [6, 6.07) is 21.4. The lowest BCUT2D eigenvalue weighted by Crippen LogP contribution is -1.91. The fraction of sp³-hybridized carbons (Fsp3) is 0.370. The second-order valence-electron chi connectivity index (χ2n) is 7.59. The third kappa shape index (κ3) is 6.45. The summed E-state index contributed by atoms with van der Waals surface area (Å²) in [5.41, 5.74) is 6.00. The molecule has 0 aliphatic heterocycles. The van der Waals surface area contributed by atoms with Crippen LogP contribution in [-0.4, -0.2) is 11.6 Å². The molecule has 0 aliphatic carbocycles. The normalized spacial score (nSPS) is 10.8. The Hall–Kier alpha value is -2.61. The van der Waals surface area contributed by atoms with E-state index in [-0.39, 0.29) is 0 Å². The number of aromatic nitrogens is 1.